The van der Waals surface area contributed by atoms with Crippen molar-refractivity contribution in [1.82, 2.24) is 0 Å². The summed E-state index contributed by atoms with van der Waals surface area (Å²) in [5, 5.41) is 10.9. The molecule has 217 valence electrons. The zero-order chi connectivity index (χ0) is 30.6. The molecule has 0 saturated carbocycles. The second-order valence-corrected chi connectivity index (χ2v) is 24.4. The molecular formula is C42H40Si2-. The molecule has 0 heterocycles. The molecule has 0 saturated heterocycles. The summed E-state index contributed by atoms with van der Waals surface area (Å²) in [5.41, 5.74) is 7.77. The van der Waals surface area contributed by atoms with Crippen molar-refractivity contribution in [3.8, 4) is 33.4 Å². The summed E-state index contributed by atoms with van der Waals surface area (Å²) in [4.78, 5) is 0. The largest absolute Gasteiger partial charge is 0.185 e. The van der Waals surface area contributed by atoms with Crippen molar-refractivity contribution in [3.63, 3.8) is 0 Å². The van der Waals surface area contributed by atoms with Crippen LogP contribution in [-0.2, 0) is 0 Å². The highest BCUT2D eigenvalue weighted by Gasteiger charge is 2.22. The molecule has 0 fully saturated rings. The summed E-state index contributed by atoms with van der Waals surface area (Å²) in [6.07, 6.45) is 0. The van der Waals surface area contributed by atoms with E-state index in [1.54, 1.807) is 0 Å². The van der Waals surface area contributed by atoms with E-state index >= 15 is 0 Å². The van der Waals surface area contributed by atoms with E-state index in [0.717, 1.165) is 0 Å². The molecule has 0 aliphatic rings. The first-order valence-corrected chi connectivity index (χ1v) is 22.8. The van der Waals surface area contributed by atoms with E-state index in [0.29, 0.717) is 0 Å². The Morgan fingerprint density at radius 3 is 1.64 bits per heavy atom. The lowest BCUT2D eigenvalue weighted by atomic mass is 9.85. The van der Waals surface area contributed by atoms with Crippen LogP contribution in [-0.4, -0.2) is 16.1 Å². The molecule has 0 N–H and O–H groups in total. The first-order valence-electron chi connectivity index (χ1n) is 15.8. The zero-order valence-corrected chi connectivity index (χ0v) is 28.7. The van der Waals surface area contributed by atoms with Gasteiger partial charge in [-0.2, -0.15) is 24.8 Å². The lowest BCUT2D eigenvalue weighted by Crippen LogP contribution is -2.37. The lowest BCUT2D eigenvalue weighted by Gasteiger charge is -2.30. The van der Waals surface area contributed by atoms with Crippen molar-refractivity contribution >= 4 is 58.8 Å². The van der Waals surface area contributed by atoms with E-state index in [4.69, 9.17) is 0 Å². The van der Waals surface area contributed by atoms with Gasteiger partial charge in [0.1, 0.15) is 0 Å². The third-order valence-electron chi connectivity index (χ3n) is 9.17. The van der Waals surface area contributed by atoms with Gasteiger partial charge in [0, 0.05) is 0 Å². The first kappa shape index (κ1) is 28.5. The van der Waals surface area contributed by atoms with Gasteiger partial charge in [0.05, 0.1) is 8.07 Å². The van der Waals surface area contributed by atoms with Crippen LogP contribution in [0.15, 0.2) is 133 Å². The van der Waals surface area contributed by atoms with E-state index in [2.05, 4.69) is 173 Å². The van der Waals surface area contributed by atoms with Crippen molar-refractivity contribution in [2.75, 3.05) is 0 Å². The molecule has 0 nitrogen and oxygen atoms in total. The van der Waals surface area contributed by atoms with E-state index in [9.17, 15) is 0 Å². The summed E-state index contributed by atoms with van der Waals surface area (Å²) in [5.74, 6) is 0. The van der Waals surface area contributed by atoms with E-state index in [-0.39, 0.29) is 0 Å². The average Bonchev–Trinajstić information content (AvgIpc) is 3.02. The van der Waals surface area contributed by atoms with Crippen LogP contribution >= 0.6 is 0 Å². The molecule has 0 atom stereocenters. The van der Waals surface area contributed by atoms with Crippen molar-refractivity contribution in [1.29, 1.82) is 0 Å². The van der Waals surface area contributed by atoms with Crippen LogP contribution in [0, 0.1) is 0 Å². The van der Waals surface area contributed by atoms with E-state index in [1.165, 1.54) is 76.1 Å². The predicted molar refractivity (Wildman–Crippen MR) is 201 cm³/mol. The molecule has 7 aromatic carbocycles. The van der Waals surface area contributed by atoms with Crippen LogP contribution in [0.4, 0.5) is 0 Å². The van der Waals surface area contributed by atoms with Crippen LogP contribution in [0.1, 0.15) is 0 Å². The topological polar surface area (TPSA) is 0 Å². The molecule has 44 heavy (non-hydrogen) atoms. The highest BCUT2D eigenvalue weighted by molar-refractivity contribution is 6.89. The van der Waals surface area contributed by atoms with Gasteiger partial charge in [-0.15, -0.1) is 8.07 Å². The number of hydrogen-bond acceptors (Lipinski definition) is 0. The Morgan fingerprint density at radius 2 is 0.955 bits per heavy atom. The summed E-state index contributed by atoms with van der Waals surface area (Å²) in [6, 6.07) is 50.4. The smallest absolute Gasteiger partial charge is 0.0776 e. The van der Waals surface area contributed by atoms with Gasteiger partial charge < -0.3 is 0 Å². The number of fused-ring (bicyclic) bond motifs is 3. The number of rotatable bonds is 5. The Morgan fingerprint density at radius 1 is 0.409 bits per heavy atom. The Labute approximate surface area is 264 Å². The zero-order valence-electron chi connectivity index (χ0n) is 26.7. The average molecular weight is 601 g/mol. The van der Waals surface area contributed by atoms with Crippen molar-refractivity contribution in [2.45, 2.75) is 39.3 Å². The molecule has 0 aromatic heterocycles. The molecule has 0 bridgehead atoms. The number of hydrogen-bond donors (Lipinski definition) is 0. The van der Waals surface area contributed by atoms with Crippen LogP contribution in [0.2, 0.25) is 39.3 Å². The van der Waals surface area contributed by atoms with Gasteiger partial charge >= 0.3 is 0 Å². The lowest BCUT2D eigenvalue weighted by molar-refractivity contribution is 1.61. The molecule has 0 aliphatic heterocycles. The van der Waals surface area contributed by atoms with E-state index < -0.39 is 16.1 Å². The first-order chi connectivity index (χ1) is 21.1. The summed E-state index contributed by atoms with van der Waals surface area (Å²) < 4.78 is 0. The second kappa shape index (κ2) is 10.7. The van der Waals surface area contributed by atoms with Crippen molar-refractivity contribution in [2.24, 2.45) is 0 Å². The standard InChI is InChI=1S/C42H40Si2/c1-43(2,3)35-23-25-38-39(27-35)41(32-19-16-31(17-20-32)29-12-8-7-9-13-29)37-24-22-36(44(4,5)6)28-40(37)42(38)34-21-18-30-14-10-11-15-33(30)26-34/h7-28H,1-6H3/q-1. The Hall–Kier alpha value is -4.25. The van der Waals surface area contributed by atoms with Gasteiger partial charge in [-0.05, 0) is 71.8 Å². The molecule has 2 heteroatoms. The third kappa shape index (κ3) is 5.13. The van der Waals surface area contributed by atoms with Gasteiger partial charge in [-0.1, -0.05) is 152 Å². The fourth-order valence-corrected chi connectivity index (χ4v) is 8.91. The van der Waals surface area contributed by atoms with Crippen LogP contribution in [0.5, 0.6) is 0 Å². The van der Waals surface area contributed by atoms with Crippen LogP contribution in [0.25, 0.3) is 65.7 Å². The highest BCUT2D eigenvalue weighted by Crippen LogP contribution is 2.44. The molecule has 0 aliphatic carbocycles. The third-order valence-corrected chi connectivity index (χ3v) is 13.3. The van der Waals surface area contributed by atoms with Crippen molar-refractivity contribution < 1.29 is 0 Å². The summed E-state index contributed by atoms with van der Waals surface area (Å²) in [6.45, 7) is 14.7. The van der Waals surface area contributed by atoms with E-state index in [1.807, 2.05) is 0 Å². The maximum absolute atomic E-state index is 2.53. The Balaban J connectivity index is 1.60. The predicted octanol–water partition coefficient (Wildman–Crippen LogP) is 11.2. The van der Waals surface area contributed by atoms with Gasteiger partial charge in [0.2, 0.25) is 0 Å². The normalized spacial score (nSPS) is 12.3. The molecule has 0 radical (unpaired) electrons. The molecule has 0 spiro atoms. The second-order valence-electron chi connectivity index (χ2n) is 14.3. The van der Waals surface area contributed by atoms with Crippen molar-refractivity contribution in [3.05, 3.63) is 133 Å². The number of benzene rings is 7. The van der Waals surface area contributed by atoms with Gasteiger partial charge in [-0.3, -0.25) is 0 Å². The SMILES string of the molecule is C[Si](C)(C)c1ccc2c(-c3ccc(-c4ccccc4)cc3)c3cc([Si-](C)(C)C)ccc3c(-c3ccc4ccccc4c3)c2c1. The van der Waals surface area contributed by atoms with Crippen LogP contribution in [0.3, 0.4) is 0 Å². The fourth-order valence-electron chi connectivity index (χ4n) is 6.59. The molecule has 0 amide bonds. The van der Waals surface area contributed by atoms with Gasteiger partial charge in [-0.25, -0.2) is 0 Å². The highest BCUT2D eigenvalue weighted by atomic mass is 28.3. The van der Waals surface area contributed by atoms with Crippen LogP contribution < -0.4 is 10.4 Å². The molecule has 0 unspecified atom stereocenters. The maximum Gasteiger partial charge on any atom is 0.0776 e. The fraction of sp³-hybridized carbons (Fsp3) is 0.143. The summed E-state index contributed by atoms with van der Waals surface area (Å²) in [7, 11) is -3.11. The minimum absolute atomic E-state index is 1.25. The molecular weight excluding hydrogens is 561 g/mol. The summed E-state index contributed by atoms with van der Waals surface area (Å²) >= 11 is 0. The monoisotopic (exact) mass is 600 g/mol. The van der Waals surface area contributed by atoms with Gasteiger partial charge in [0.25, 0.3) is 0 Å². The maximum atomic E-state index is 2.53. The molecule has 7 rings (SSSR count). The molecule has 7 aromatic rings. The Bertz CT molecular complexity index is 2160. The van der Waals surface area contributed by atoms with Gasteiger partial charge in [0.15, 0.2) is 0 Å². The quantitative estimate of drug-likeness (QED) is 0.136. The minimum Gasteiger partial charge on any atom is -0.185 e. The minimum atomic E-state index is -1.56. The Kier molecular flexibility index (Phi) is 6.95.